The Morgan fingerprint density at radius 1 is 1.50 bits per heavy atom. The van der Waals surface area contributed by atoms with Gasteiger partial charge in [-0.05, 0) is 37.3 Å². The van der Waals surface area contributed by atoms with Gasteiger partial charge in [-0.25, -0.2) is 0 Å². The Bertz CT molecular complexity index is 284. The number of nitrogens with zero attached hydrogens (tertiary/aromatic N) is 1. The minimum Gasteiger partial charge on any atom is -0.354 e. The Morgan fingerprint density at radius 3 is 2.86 bits per heavy atom. The molecule has 0 aliphatic heterocycles. The van der Waals surface area contributed by atoms with E-state index in [1.807, 2.05) is 0 Å². The maximum absolute atomic E-state index is 3.59. The van der Waals surface area contributed by atoms with Crippen molar-refractivity contribution in [3.05, 3.63) is 24.0 Å². The molecule has 14 heavy (non-hydrogen) atoms. The van der Waals surface area contributed by atoms with E-state index >= 15 is 0 Å². The summed E-state index contributed by atoms with van der Waals surface area (Å²) in [5, 5.41) is 3.59. The third kappa shape index (κ3) is 2.18. The summed E-state index contributed by atoms with van der Waals surface area (Å²) in [6.07, 6.45) is 7.10. The molecule has 0 radical (unpaired) electrons. The van der Waals surface area contributed by atoms with E-state index in [2.05, 4.69) is 42.2 Å². The molecular formula is C12H20N2. The smallest absolute Gasteiger partial charge is 0.0223 e. The predicted octanol–water partition coefficient (Wildman–Crippen LogP) is 2.40. The maximum Gasteiger partial charge on any atom is 0.0223 e. The van der Waals surface area contributed by atoms with Gasteiger partial charge in [0.25, 0.3) is 0 Å². The van der Waals surface area contributed by atoms with Gasteiger partial charge in [0.1, 0.15) is 0 Å². The number of rotatable bonds is 4. The summed E-state index contributed by atoms with van der Waals surface area (Å²) < 4.78 is 2.22. The fourth-order valence-electron chi connectivity index (χ4n) is 2.12. The van der Waals surface area contributed by atoms with Crippen molar-refractivity contribution in [2.45, 2.75) is 45.8 Å². The van der Waals surface area contributed by atoms with E-state index in [0.717, 1.165) is 25.0 Å². The van der Waals surface area contributed by atoms with Gasteiger partial charge in [0.2, 0.25) is 0 Å². The average Bonchev–Trinajstić information content (AvgIpc) is 2.58. The van der Waals surface area contributed by atoms with Gasteiger partial charge in [-0.3, -0.25) is 0 Å². The standard InChI is InChI=1S/C12H20N2/c1-3-14-5-4-11(9-14)8-13-12-6-10(2)7-12/h4-5,9-10,12-13H,3,6-8H2,1-2H3. The molecule has 78 valence electrons. The van der Waals surface area contributed by atoms with E-state index in [-0.39, 0.29) is 0 Å². The lowest BCUT2D eigenvalue weighted by molar-refractivity contribution is 0.240. The molecule has 2 rings (SSSR count). The second-order valence-corrected chi connectivity index (χ2v) is 4.50. The van der Waals surface area contributed by atoms with Gasteiger partial charge in [0.15, 0.2) is 0 Å². The molecule has 0 amide bonds. The van der Waals surface area contributed by atoms with E-state index in [4.69, 9.17) is 0 Å². The summed E-state index contributed by atoms with van der Waals surface area (Å²) in [7, 11) is 0. The summed E-state index contributed by atoms with van der Waals surface area (Å²) in [4.78, 5) is 0. The van der Waals surface area contributed by atoms with Crippen LogP contribution in [-0.4, -0.2) is 10.6 Å². The lowest BCUT2D eigenvalue weighted by atomic mass is 9.82. The summed E-state index contributed by atoms with van der Waals surface area (Å²) in [5.74, 6) is 0.938. The van der Waals surface area contributed by atoms with Crippen LogP contribution in [-0.2, 0) is 13.1 Å². The quantitative estimate of drug-likeness (QED) is 0.775. The minimum absolute atomic E-state index is 0.773. The van der Waals surface area contributed by atoms with Crippen molar-refractivity contribution in [3.8, 4) is 0 Å². The zero-order valence-corrected chi connectivity index (χ0v) is 9.16. The van der Waals surface area contributed by atoms with Crippen molar-refractivity contribution in [3.63, 3.8) is 0 Å². The first-order valence-electron chi connectivity index (χ1n) is 5.66. The third-order valence-corrected chi connectivity index (χ3v) is 3.15. The van der Waals surface area contributed by atoms with Gasteiger partial charge in [-0.1, -0.05) is 6.92 Å². The minimum atomic E-state index is 0.773. The highest BCUT2D eigenvalue weighted by molar-refractivity contribution is 5.10. The molecule has 1 aromatic heterocycles. The van der Waals surface area contributed by atoms with E-state index in [1.54, 1.807) is 0 Å². The Hall–Kier alpha value is -0.760. The lowest BCUT2D eigenvalue weighted by Gasteiger charge is -2.33. The van der Waals surface area contributed by atoms with Crippen molar-refractivity contribution in [2.75, 3.05) is 0 Å². The molecule has 1 saturated carbocycles. The number of nitrogens with one attached hydrogen (secondary N) is 1. The largest absolute Gasteiger partial charge is 0.354 e. The van der Waals surface area contributed by atoms with Gasteiger partial charge >= 0.3 is 0 Å². The van der Waals surface area contributed by atoms with E-state index in [1.165, 1.54) is 18.4 Å². The molecule has 0 saturated heterocycles. The molecule has 0 unspecified atom stereocenters. The highest BCUT2D eigenvalue weighted by Crippen LogP contribution is 2.26. The summed E-state index contributed by atoms with van der Waals surface area (Å²) in [5.41, 5.74) is 1.41. The molecule has 1 N–H and O–H groups in total. The summed E-state index contributed by atoms with van der Waals surface area (Å²) >= 11 is 0. The van der Waals surface area contributed by atoms with Gasteiger partial charge in [0.05, 0.1) is 0 Å². The average molecular weight is 192 g/mol. The second kappa shape index (κ2) is 4.18. The summed E-state index contributed by atoms with van der Waals surface area (Å²) in [6, 6.07) is 2.98. The topological polar surface area (TPSA) is 17.0 Å². The Labute approximate surface area is 86.3 Å². The normalized spacial score (nSPS) is 26.1. The van der Waals surface area contributed by atoms with Crippen LogP contribution in [0.5, 0.6) is 0 Å². The number of aromatic nitrogens is 1. The molecule has 0 atom stereocenters. The molecule has 1 aromatic rings. The van der Waals surface area contributed by atoms with Gasteiger partial charge in [-0.2, -0.15) is 0 Å². The number of aryl methyl sites for hydroxylation is 1. The molecule has 0 spiro atoms. The van der Waals surface area contributed by atoms with E-state index in [9.17, 15) is 0 Å². The fourth-order valence-corrected chi connectivity index (χ4v) is 2.12. The van der Waals surface area contributed by atoms with Crippen LogP contribution in [0.25, 0.3) is 0 Å². The fraction of sp³-hybridized carbons (Fsp3) is 0.667. The Balaban J connectivity index is 1.75. The van der Waals surface area contributed by atoms with Crippen LogP contribution in [0.4, 0.5) is 0 Å². The molecular weight excluding hydrogens is 172 g/mol. The van der Waals surface area contributed by atoms with Crippen LogP contribution in [0, 0.1) is 5.92 Å². The first-order valence-corrected chi connectivity index (χ1v) is 5.66. The Morgan fingerprint density at radius 2 is 2.29 bits per heavy atom. The molecule has 0 aromatic carbocycles. The van der Waals surface area contributed by atoms with Gasteiger partial charge < -0.3 is 9.88 Å². The first kappa shape index (κ1) is 9.78. The monoisotopic (exact) mass is 192 g/mol. The third-order valence-electron chi connectivity index (χ3n) is 3.15. The predicted molar refractivity (Wildman–Crippen MR) is 59.1 cm³/mol. The van der Waals surface area contributed by atoms with Crippen LogP contribution in [0.15, 0.2) is 18.5 Å². The molecule has 2 heteroatoms. The van der Waals surface area contributed by atoms with Crippen molar-refractivity contribution >= 4 is 0 Å². The van der Waals surface area contributed by atoms with E-state index < -0.39 is 0 Å². The van der Waals surface area contributed by atoms with Crippen molar-refractivity contribution in [2.24, 2.45) is 5.92 Å². The second-order valence-electron chi connectivity index (χ2n) is 4.50. The molecule has 1 heterocycles. The van der Waals surface area contributed by atoms with Crippen LogP contribution in [0.3, 0.4) is 0 Å². The van der Waals surface area contributed by atoms with Gasteiger partial charge in [0, 0.05) is 31.5 Å². The van der Waals surface area contributed by atoms with Crippen molar-refractivity contribution < 1.29 is 0 Å². The number of hydrogen-bond donors (Lipinski definition) is 1. The molecule has 1 fully saturated rings. The molecule has 1 aliphatic carbocycles. The first-order chi connectivity index (χ1) is 6.78. The van der Waals surface area contributed by atoms with Crippen LogP contribution in [0.1, 0.15) is 32.3 Å². The highest BCUT2D eigenvalue weighted by Gasteiger charge is 2.24. The van der Waals surface area contributed by atoms with Crippen molar-refractivity contribution in [1.29, 1.82) is 0 Å². The van der Waals surface area contributed by atoms with Crippen LogP contribution < -0.4 is 5.32 Å². The highest BCUT2D eigenvalue weighted by atomic mass is 15.0. The zero-order chi connectivity index (χ0) is 9.97. The van der Waals surface area contributed by atoms with E-state index in [0.29, 0.717) is 0 Å². The number of hydrogen-bond acceptors (Lipinski definition) is 1. The summed E-state index contributed by atoms with van der Waals surface area (Å²) in [6.45, 7) is 6.60. The maximum atomic E-state index is 3.59. The molecule has 1 aliphatic rings. The SMILES string of the molecule is CCn1ccc(CNC2CC(C)C2)c1. The molecule has 2 nitrogen and oxygen atoms in total. The van der Waals surface area contributed by atoms with Crippen molar-refractivity contribution in [1.82, 2.24) is 9.88 Å². The lowest BCUT2D eigenvalue weighted by Crippen LogP contribution is -2.39. The van der Waals surface area contributed by atoms with Crippen LogP contribution >= 0.6 is 0 Å². The Kier molecular flexibility index (Phi) is 2.92. The zero-order valence-electron chi connectivity index (χ0n) is 9.16. The van der Waals surface area contributed by atoms with Gasteiger partial charge in [-0.15, -0.1) is 0 Å². The molecule has 0 bridgehead atoms. The van der Waals surface area contributed by atoms with Crippen LogP contribution in [0.2, 0.25) is 0 Å².